The van der Waals surface area contributed by atoms with Crippen molar-refractivity contribution in [3.05, 3.63) is 16.4 Å². The second kappa shape index (κ2) is 4.99. The van der Waals surface area contributed by atoms with Crippen molar-refractivity contribution in [2.45, 2.75) is 27.2 Å². The molecular weight excluding hydrogens is 210 g/mol. The smallest absolute Gasteiger partial charge is 0.0847 e. The molecule has 15 heavy (non-hydrogen) atoms. The highest BCUT2D eigenvalue weighted by molar-refractivity contribution is 6.31. The van der Waals surface area contributed by atoms with E-state index in [9.17, 15) is 0 Å². The summed E-state index contributed by atoms with van der Waals surface area (Å²) in [7, 11) is 1.94. The van der Waals surface area contributed by atoms with Gasteiger partial charge in [-0.25, -0.2) is 0 Å². The number of hydrogen-bond acceptors (Lipinski definition) is 2. The molecule has 1 aromatic rings. The first-order valence-electron chi connectivity index (χ1n) is 5.35. The van der Waals surface area contributed by atoms with Crippen LogP contribution in [-0.4, -0.2) is 16.3 Å². The fourth-order valence-electron chi connectivity index (χ4n) is 1.64. The van der Waals surface area contributed by atoms with E-state index in [1.807, 2.05) is 18.7 Å². The van der Waals surface area contributed by atoms with Crippen LogP contribution < -0.4 is 5.73 Å². The molecule has 86 valence electrons. The van der Waals surface area contributed by atoms with Crippen LogP contribution in [0.5, 0.6) is 0 Å². The Morgan fingerprint density at radius 1 is 1.40 bits per heavy atom. The zero-order valence-electron chi connectivity index (χ0n) is 9.92. The largest absolute Gasteiger partial charge is 0.330 e. The molecule has 0 bridgehead atoms. The SMILES string of the molecule is Cc1nn(C)c(CC(C)C(C)CN)c1Cl. The highest BCUT2D eigenvalue weighted by Crippen LogP contribution is 2.24. The summed E-state index contributed by atoms with van der Waals surface area (Å²) in [6.45, 7) is 7.02. The van der Waals surface area contributed by atoms with E-state index < -0.39 is 0 Å². The van der Waals surface area contributed by atoms with E-state index in [4.69, 9.17) is 17.3 Å². The van der Waals surface area contributed by atoms with Crippen LogP contribution in [0.25, 0.3) is 0 Å². The van der Waals surface area contributed by atoms with E-state index in [-0.39, 0.29) is 0 Å². The highest BCUT2D eigenvalue weighted by Gasteiger charge is 2.17. The van der Waals surface area contributed by atoms with Crippen LogP contribution in [-0.2, 0) is 13.5 Å². The average Bonchev–Trinajstić information content (AvgIpc) is 2.43. The monoisotopic (exact) mass is 229 g/mol. The van der Waals surface area contributed by atoms with E-state index in [0.717, 1.165) is 29.4 Å². The zero-order chi connectivity index (χ0) is 11.6. The van der Waals surface area contributed by atoms with Gasteiger partial charge < -0.3 is 5.73 Å². The molecule has 0 aliphatic heterocycles. The lowest BCUT2D eigenvalue weighted by molar-refractivity contribution is 0.386. The van der Waals surface area contributed by atoms with Gasteiger partial charge in [0.2, 0.25) is 0 Å². The first kappa shape index (κ1) is 12.5. The summed E-state index contributed by atoms with van der Waals surface area (Å²) in [6.07, 6.45) is 0.939. The van der Waals surface area contributed by atoms with Gasteiger partial charge in [-0.05, 0) is 31.7 Å². The maximum absolute atomic E-state index is 6.19. The third-order valence-electron chi connectivity index (χ3n) is 3.12. The Balaban J connectivity index is 2.80. The zero-order valence-corrected chi connectivity index (χ0v) is 10.7. The van der Waals surface area contributed by atoms with Crippen LogP contribution in [0.15, 0.2) is 0 Å². The van der Waals surface area contributed by atoms with E-state index in [1.54, 1.807) is 0 Å². The second-order valence-corrected chi connectivity index (χ2v) is 4.74. The number of halogens is 1. The average molecular weight is 230 g/mol. The number of rotatable bonds is 4. The lowest BCUT2D eigenvalue weighted by Crippen LogP contribution is -2.21. The summed E-state index contributed by atoms with van der Waals surface area (Å²) >= 11 is 6.19. The van der Waals surface area contributed by atoms with Crippen molar-refractivity contribution in [1.82, 2.24) is 9.78 Å². The molecule has 2 N–H and O–H groups in total. The first-order chi connectivity index (χ1) is 6.97. The lowest BCUT2D eigenvalue weighted by atomic mass is 9.91. The Bertz CT molecular complexity index is 333. The van der Waals surface area contributed by atoms with E-state index >= 15 is 0 Å². The minimum atomic E-state index is 0.510. The normalized spacial score (nSPS) is 15.3. The second-order valence-electron chi connectivity index (χ2n) is 4.36. The van der Waals surface area contributed by atoms with Crippen LogP contribution in [0.4, 0.5) is 0 Å². The predicted molar refractivity (Wildman–Crippen MR) is 64.0 cm³/mol. The van der Waals surface area contributed by atoms with Gasteiger partial charge in [-0.2, -0.15) is 5.10 Å². The topological polar surface area (TPSA) is 43.8 Å². The Hall–Kier alpha value is -0.540. The van der Waals surface area contributed by atoms with Gasteiger partial charge in [0.15, 0.2) is 0 Å². The molecule has 2 unspecified atom stereocenters. The summed E-state index contributed by atoms with van der Waals surface area (Å²) in [4.78, 5) is 0. The van der Waals surface area contributed by atoms with Crippen molar-refractivity contribution in [3.63, 3.8) is 0 Å². The predicted octanol–water partition coefficient (Wildman–Crippen LogP) is 2.16. The quantitative estimate of drug-likeness (QED) is 0.860. The Morgan fingerprint density at radius 2 is 2.00 bits per heavy atom. The maximum Gasteiger partial charge on any atom is 0.0847 e. The van der Waals surface area contributed by atoms with Crippen molar-refractivity contribution >= 4 is 11.6 Å². The summed E-state index contributed by atoms with van der Waals surface area (Å²) in [6, 6.07) is 0. The molecule has 2 atom stereocenters. The minimum absolute atomic E-state index is 0.510. The molecule has 0 aromatic carbocycles. The number of aromatic nitrogens is 2. The van der Waals surface area contributed by atoms with Crippen molar-refractivity contribution in [1.29, 1.82) is 0 Å². The van der Waals surface area contributed by atoms with Crippen LogP contribution in [0.3, 0.4) is 0 Å². The van der Waals surface area contributed by atoms with Gasteiger partial charge in [0, 0.05) is 7.05 Å². The van der Waals surface area contributed by atoms with Crippen molar-refractivity contribution in [2.75, 3.05) is 6.54 Å². The molecule has 0 saturated heterocycles. The van der Waals surface area contributed by atoms with Crippen LogP contribution >= 0.6 is 11.6 Å². The molecular formula is C11H20ClN3. The summed E-state index contributed by atoms with van der Waals surface area (Å²) in [5.74, 6) is 1.04. The van der Waals surface area contributed by atoms with Crippen LogP contribution in [0, 0.1) is 18.8 Å². The van der Waals surface area contributed by atoms with Gasteiger partial charge in [0.05, 0.1) is 16.4 Å². The molecule has 0 saturated carbocycles. The molecule has 0 aliphatic rings. The molecule has 0 radical (unpaired) electrons. The standard InChI is InChI=1S/C11H20ClN3/c1-7(8(2)6-13)5-10-11(12)9(3)14-15(10)4/h7-8H,5-6,13H2,1-4H3. The van der Waals surface area contributed by atoms with E-state index in [0.29, 0.717) is 11.8 Å². The Labute approximate surface area is 96.6 Å². The van der Waals surface area contributed by atoms with Gasteiger partial charge in [-0.3, -0.25) is 4.68 Å². The Morgan fingerprint density at radius 3 is 2.40 bits per heavy atom. The first-order valence-corrected chi connectivity index (χ1v) is 5.73. The van der Waals surface area contributed by atoms with Gasteiger partial charge in [0.1, 0.15) is 0 Å². The number of nitrogens with zero attached hydrogens (tertiary/aromatic N) is 2. The number of hydrogen-bond donors (Lipinski definition) is 1. The minimum Gasteiger partial charge on any atom is -0.330 e. The third-order valence-corrected chi connectivity index (χ3v) is 3.61. The third kappa shape index (κ3) is 2.73. The fraction of sp³-hybridized carbons (Fsp3) is 0.727. The number of aryl methyl sites for hydroxylation is 2. The van der Waals surface area contributed by atoms with Crippen LogP contribution in [0.1, 0.15) is 25.2 Å². The molecule has 1 rings (SSSR count). The van der Waals surface area contributed by atoms with E-state index in [2.05, 4.69) is 18.9 Å². The van der Waals surface area contributed by atoms with Crippen molar-refractivity contribution in [2.24, 2.45) is 24.6 Å². The molecule has 0 amide bonds. The highest BCUT2D eigenvalue weighted by atomic mass is 35.5. The molecule has 3 nitrogen and oxygen atoms in total. The maximum atomic E-state index is 6.19. The Kier molecular flexibility index (Phi) is 4.17. The van der Waals surface area contributed by atoms with Gasteiger partial charge in [0.25, 0.3) is 0 Å². The molecule has 0 fully saturated rings. The van der Waals surface area contributed by atoms with Gasteiger partial charge in [-0.15, -0.1) is 0 Å². The molecule has 1 heterocycles. The fourth-order valence-corrected chi connectivity index (χ4v) is 1.88. The lowest BCUT2D eigenvalue weighted by Gasteiger charge is -2.18. The van der Waals surface area contributed by atoms with E-state index in [1.165, 1.54) is 0 Å². The van der Waals surface area contributed by atoms with Crippen LogP contribution in [0.2, 0.25) is 5.02 Å². The summed E-state index contributed by atoms with van der Waals surface area (Å²) in [5, 5.41) is 5.10. The molecule has 0 spiro atoms. The molecule has 1 aromatic heterocycles. The van der Waals surface area contributed by atoms with Crippen molar-refractivity contribution < 1.29 is 0 Å². The van der Waals surface area contributed by atoms with Gasteiger partial charge in [-0.1, -0.05) is 25.4 Å². The molecule has 4 heteroatoms. The molecule has 0 aliphatic carbocycles. The summed E-state index contributed by atoms with van der Waals surface area (Å²) in [5.41, 5.74) is 7.67. The number of nitrogens with two attached hydrogens (primary N) is 1. The van der Waals surface area contributed by atoms with Crippen molar-refractivity contribution in [3.8, 4) is 0 Å². The van der Waals surface area contributed by atoms with Gasteiger partial charge >= 0.3 is 0 Å². The summed E-state index contributed by atoms with van der Waals surface area (Å²) < 4.78 is 1.87.